The number of amides is 2. The van der Waals surface area contributed by atoms with E-state index in [1.165, 1.54) is 17.2 Å². The minimum Gasteiger partial charge on any atom is -0.355 e. The van der Waals surface area contributed by atoms with E-state index in [0.29, 0.717) is 44.5 Å². The maximum Gasteiger partial charge on any atom is 0.227 e. The quantitative estimate of drug-likeness (QED) is 0.771. The van der Waals surface area contributed by atoms with Crippen LogP contribution in [0.2, 0.25) is 0 Å². The molecule has 1 N–H and O–H groups in total. The van der Waals surface area contributed by atoms with Gasteiger partial charge >= 0.3 is 0 Å². The second-order valence-corrected chi connectivity index (χ2v) is 8.07. The molecule has 0 fully saturated rings. The Morgan fingerprint density at radius 1 is 0.967 bits per heavy atom. The molecule has 2 aromatic rings. The van der Waals surface area contributed by atoms with Crippen LogP contribution in [0.5, 0.6) is 0 Å². The number of hydrogen-bond acceptors (Lipinski definition) is 2. The second kappa shape index (κ2) is 9.24. The van der Waals surface area contributed by atoms with Crippen LogP contribution in [0.25, 0.3) is 0 Å². The van der Waals surface area contributed by atoms with Gasteiger partial charge in [0.2, 0.25) is 11.8 Å². The third kappa shape index (κ3) is 4.45. The van der Waals surface area contributed by atoms with E-state index in [-0.39, 0.29) is 29.5 Å². The fraction of sp³-hybridized carbons (Fsp3) is 0.360. The summed E-state index contributed by atoms with van der Waals surface area (Å²) >= 11 is 0. The molecule has 0 radical (unpaired) electrons. The Morgan fingerprint density at radius 3 is 2.47 bits per heavy atom. The highest BCUT2D eigenvalue weighted by molar-refractivity contribution is 5.88. The van der Waals surface area contributed by atoms with Gasteiger partial charge in [-0.3, -0.25) is 9.59 Å². The van der Waals surface area contributed by atoms with E-state index in [0.717, 1.165) is 6.42 Å². The summed E-state index contributed by atoms with van der Waals surface area (Å²) in [6.45, 7) is 1.66. The van der Waals surface area contributed by atoms with E-state index < -0.39 is 0 Å². The summed E-state index contributed by atoms with van der Waals surface area (Å²) in [6.07, 6.45) is 6.42. The predicted octanol–water partition coefficient (Wildman–Crippen LogP) is 3.65. The zero-order valence-corrected chi connectivity index (χ0v) is 17.0. The zero-order chi connectivity index (χ0) is 20.9. The van der Waals surface area contributed by atoms with Gasteiger partial charge < -0.3 is 10.2 Å². The summed E-state index contributed by atoms with van der Waals surface area (Å²) in [4.78, 5) is 28.0. The molecule has 0 saturated carbocycles. The van der Waals surface area contributed by atoms with Crippen molar-refractivity contribution in [1.29, 1.82) is 0 Å². The number of hydrogen-bond donors (Lipinski definition) is 1. The van der Waals surface area contributed by atoms with Crippen molar-refractivity contribution in [3.8, 4) is 0 Å². The Labute approximate surface area is 176 Å². The van der Waals surface area contributed by atoms with Gasteiger partial charge in [-0.15, -0.1) is 0 Å². The van der Waals surface area contributed by atoms with Crippen molar-refractivity contribution in [2.45, 2.75) is 32.2 Å². The summed E-state index contributed by atoms with van der Waals surface area (Å²) in [6, 6.07) is 14.8. The van der Waals surface area contributed by atoms with E-state index in [4.69, 9.17) is 0 Å². The SMILES string of the molecule is O=C(NCCc1ccccc1F)C1CC=CCC1C(=O)N1CCc2ccccc2C1. The molecule has 1 aliphatic heterocycles. The second-order valence-electron chi connectivity index (χ2n) is 8.07. The van der Waals surface area contributed by atoms with Gasteiger partial charge in [0, 0.05) is 19.6 Å². The molecule has 1 aliphatic carbocycles. The van der Waals surface area contributed by atoms with Crippen LogP contribution >= 0.6 is 0 Å². The smallest absolute Gasteiger partial charge is 0.227 e. The molecular formula is C25H27FN2O2. The van der Waals surface area contributed by atoms with E-state index in [2.05, 4.69) is 17.4 Å². The lowest BCUT2D eigenvalue weighted by Gasteiger charge is -2.35. The minimum absolute atomic E-state index is 0.0584. The number of halogens is 1. The zero-order valence-electron chi connectivity index (χ0n) is 17.0. The van der Waals surface area contributed by atoms with Crippen LogP contribution in [-0.2, 0) is 29.0 Å². The van der Waals surface area contributed by atoms with Crippen LogP contribution in [-0.4, -0.2) is 29.8 Å². The van der Waals surface area contributed by atoms with Crippen LogP contribution in [0.1, 0.15) is 29.5 Å². The Hall–Kier alpha value is -2.95. The highest BCUT2D eigenvalue weighted by Crippen LogP contribution is 2.30. The number of nitrogens with zero attached hydrogens (tertiary/aromatic N) is 1. The van der Waals surface area contributed by atoms with E-state index >= 15 is 0 Å². The van der Waals surface area contributed by atoms with Crippen molar-refractivity contribution in [3.05, 3.63) is 83.2 Å². The van der Waals surface area contributed by atoms with E-state index in [1.54, 1.807) is 18.2 Å². The molecule has 0 spiro atoms. The van der Waals surface area contributed by atoms with Gasteiger partial charge in [-0.2, -0.15) is 0 Å². The van der Waals surface area contributed by atoms with Gasteiger partial charge in [-0.25, -0.2) is 4.39 Å². The van der Waals surface area contributed by atoms with Crippen molar-refractivity contribution in [1.82, 2.24) is 10.2 Å². The van der Waals surface area contributed by atoms with Crippen LogP contribution in [0, 0.1) is 17.7 Å². The van der Waals surface area contributed by atoms with E-state index in [9.17, 15) is 14.0 Å². The van der Waals surface area contributed by atoms with Gasteiger partial charge in [0.05, 0.1) is 11.8 Å². The van der Waals surface area contributed by atoms with Gasteiger partial charge in [-0.05, 0) is 48.4 Å². The number of rotatable bonds is 5. The summed E-state index contributed by atoms with van der Waals surface area (Å²) in [7, 11) is 0. The summed E-state index contributed by atoms with van der Waals surface area (Å²) in [5, 5.41) is 2.92. The lowest BCUT2D eigenvalue weighted by Crippen LogP contribution is -2.46. The minimum atomic E-state index is -0.375. The van der Waals surface area contributed by atoms with Crippen LogP contribution in [0.4, 0.5) is 4.39 Å². The van der Waals surface area contributed by atoms with Crippen molar-refractivity contribution in [3.63, 3.8) is 0 Å². The number of allylic oxidation sites excluding steroid dienone is 2. The topological polar surface area (TPSA) is 49.4 Å². The highest BCUT2D eigenvalue weighted by Gasteiger charge is 2.37. The Balaban J connectivity index is 1.38. The first-order chi connectivity index (χ1) is 14.6. The monoisotopic (exact) mass is 406 g/mol. The average Bonchev–Trinajstić information content (AvgIpc) is 2.79. The molecule has 2 atom stereocenters. The molecule has 2 aromatic carbocycles. The molecule has 0 aromatic heterocycles. The lowest BCUT2D eigenvalue weighted by molar-refractivity contribution is -0.142. The molecule has 156 valence electrons. The van der Waals surface area contributed by atoms with Crippen molar-refractivity contribution >= 4 is 11.8 Å². The molecule has 0 bridgehead atoms. The number of nitrogens with one attached hydrogen (secondary N) is 1. The standard InChI is InChI=1S/C25H27FN2O2/c26-23-12-6-3-8-19(23)13-15-27-24(29)21-10-4-5-11-22(21)25(30)28-16-14-18-7-1-2-9-20(18)17-28/h1-9,12,21-22H,10-11,13-17H2,(H,27,29). The normalized spacial score (nSPS) is 20.5. The molecule has 2 unspecified atom stereocenters. The lowest BCUT2D eigenvalue weighted by atomic mass is 9.81. The summed E-state index contributed by atoms with van der Waals surface area (Å²) < 4.78 is 13.8. The Bertz CT molecular complexity index is 956. The molecule has 30 heavy (non-hydrogen) atoms. The van der Waals surface area contributed by atoms with Gasteiger partial charge in [0.25, 0.3) is 0 Å². The average molecular weight is 407 g/mol. The van der Waals surface area contributed by atoms with Crippen LogP contribution in [0.15, 0.2) is 60.7 Å². The summed E-state index contributed by atoms with van der Waals surface area (Å²) in [5.41, 5.74) is 3.07. The number of fused-ring (bicyclic) bond motifs is 1. The van der Waals surface area contributed by atoms with E-state index in [1.807, 2.05) is 29.2 Å². The third-order valence-corrected chi connectivity index (χ3v) is 6.18. The molecule has 0 saturated heterocycles. The molecule has 5 heteroatoms. The summed E-state index contributed by atoms with van der Waals surface area (Å²) in [5.74, 6) is -1.03. The maximum absolute atomic E-state index is 13.8. The van der Waals surface area contributed by atoms with Gasteiger partial charge in [0.15, 0.2) is 0 Å². The molecular weight excluding hydrogens is 379 g/mol. The molecule has 4 nitrogen and oxygen atoms in total. The fourth-order valence-corrected chi connectivity index (χ4v) is 4.45. The molecule has 4 rings (SSSR count). The first-order valence-corrected chi connectivity index (χ1v) is 10.6. The maximum atomic E-state index is 13.8. The van der Waals surface area contributed by atoms with Crippen molar-refractivity contribution < 1.29 is 14.0 Å². The van der Waals surface area contributed by atoms with Gasteiger partial charge in [-0.1, -0.05) is 54.6 Å². The largest absolute Gasteiger partial charge is 0.355 e. The first-order valence-electron chi connectivity index (χ1n) is 10.6. The number of benzene rings is 2. The Kier molecular flexibility index (Phi) is 6.26. The molecule has 1 heterocycles. The molecule has 2 aliphatic rings. The molecule has 2 amide bonds. The van der Waals surface area contributed by atoms with Crippen LogP contribution < -0.4 is 5.32 Å². The third-order valence-electron chi connectivity index (χ3n) is 6.18. The van der Waals surface area contributed by atoms with Gasteiger partial charge in [0.1, 0.15) is 5.82 Å². The fourth-order valence-electron chi connectivity index (χ4n) is 4.45. The first kappa shape index (κ1) is 20.3. The number of carbonyl (C=O) groups excluding carboxylic acids is 2. The predicted molar refractivity (Wildman–Crippen MR) is 114 cm³/mol. The Morgan fingerprint density at radius 2 is 1.67 bits per heavy atom. The number of carbonyl (C=O) groups is 2. The van der Waals surface area contributed by atoms with Crippen LogP contribution in [0.3, 0.4) is 0 Å². The highest BCUT2D eigenvalue weighted by atomic mass is 19.1. The van der Waals surface area contributed by atoms with Crippen molar-refractivity contribution in [2.24, 2.45) is 11.8 Å². The van der Waals surface area contributed by atoms with Crippen molar-refractivity contribution in [2.75, 3.05) is 13.1 Å².